The van der Waals surface area contributed by atoms with Crippen molar-refractivity contribution in [3.8, 4) is 5.75 Å². The van der Waals surface area contributed by atoms with Gasteiger partial charge in [0.05, 0.1) is 13.2 Å². The number of rotatable bonds is 6. The van der Waals surface area contributed by atoms with Crippen molar-refractivity contribution < 1.29 is 14.3 Å². The molecule has 0 radical (unpaired) electrons. The highest BCUT2D eigenvalue weighted by Crippen LogP contribution is 2.22. The lowest BCUT2D eigenvalue weighted by Crippen LogP contribution is -2.21. The van der Waals surface area contributed by atoms with Crippen LogP contribution < -0.4 is 10.1 Å². The number of carbonyl (C=O) groups is 1. The van der Waals surface area contributed by atoms with E-state index in [-0.39, 0.29) is 5.91 Å². The van der Waals surface area contributed by atoms with Gasteiger partial charge < -0.3 is 14.8 Å². The highest BCUT2D eigenvalue weighted by molar-refractivity contribution is 5.88. The molecule has 0 spiro atoms. The zero-order valence-corrected chi connectivity index (χ0v) is 13.6. The maximum Gasteiger partial charge on any atom is 0.244 e. The zero-order chi connectivity index (χ0) is 15.9. The van der Waals surface area contributed by atoms with Gasteiger partial charge in [0.1, 0.15) is 5.75 Å². The van der Waals surface area contributed by atoms with Crippen LogP contribution in [0.15, 0.2) is 29.8 Å². The Morgan fingerprint density at radius 1 is 1.45 bits per heavy atom. The maximum atomic E-state index is 11.7. The van der Waals surface area contributed by atoms with Crippen molar-refractivity contribution in [2.45, 2.75) is 33.7 Å². The molecule has 0 aliphatic carbocycles. The molecule has 2 rings (SSSR count). The second-order valence-electron chi connectivity index (χ2n) is 6.09. The minimum Gasteiger partial charge on any atom is -0.493 e. The fourth-order valence-electron chi connectivity index (χ4n) is 2.36. The molecular weight excluding hydrogens is 278 g/mol. The van der Waals surface area contributed by atoms with Gasteiger partial charge in [-0.15, -0.1) is 0 Å². The number of hydrogen-bond donors (Lipinski definition) is 1. The number of carbonyl (C=O) groups excluding carboxylic acids is 1. The summed E-state index contributed by atoms with van der Waals surface area (Å²) in [5, 5.41) is 2.90. The molecule has 1 amide bonds. The predicted octanol–water partition coefficient (Wildman–Crippen LogP) is 2.99. The molecule has 1 aliphatic heterocycles. The Labute approximate surface area is 132 Å². The summed E-state index contributed by atoms with van der Waals surface area (Å²) in [6, 6.07) is 6.07. The summed E-state index contributed by atoms with van der Waals surface area (Å²) in [5.41, 5.74) is 3.14. The molecule has 1 aromatic rings. The summed E-state index contributed by atoms with van der Waals surface area (Å²) in [6.07, 6.45) is 2.66. The van der Waals surface area contributed by atoms with E-state index in [4.69, 9.17) is 9.47 Å². The van der Waals surface area contributed by atoms with Crippen molar-refractivity contribution >= 4 is 5.91 Å². The van der Waals surface area contributed by atoms with Gasteiger partial charge in [0, 0.05) is 30.7 Å². The van der Waals surface area contributed by atoms with E-state index < -0.39 is 0 Å². The van der Waals surface area contributed by atoms with Crippen molar-refractivity contribution in [1.29, 1.82) is 0 Å². The Hall–Kier alpha value is -1.81. The van der Waals surface area contributed by atoms with Crippen molar-refractivity contribution in [2.75, 3.05) is 19.8 Å². The molecule has 1 saturated heterocycles. The Kier molecular flexibility index (Phi) is 6.01. The number of aryl methyl sites for hydroxylation is 1. The largest absolute Gasteiger partial charge is 0.493 e. The molecule has 1 aliphatic rings. The first kappa shape index (κ1) is 16.6. The van der Waals surface area contributed by atoms with E-state index >= 15 is 0 Å². The normalized spacial score (nSPS) is 17.1. The summed E-state index contributed by atoms with van der Waals surface area (Å²) in [7, 11) is 0. The third kappa shape index (κ3) is 5.19. The molecule has 1 atom stereocenters. The van der Waals surface area contributed by atoms with Crippen molar-refractivity contribution in [1.82, 2.24) is 5.32 Å². The van der Waals surface area contributed by atoms with Crippen molar-refractivity contribution in [3.63, 3.8) is 0 Å². The summed E-state index contributed by atoms with van der Waals surface area (Å²) in [5.74, 6) is 1.24. The van der Waals surface area contributed by atoms with E-state index in [1.165, 1.54) is 0 Å². The van der Waals surface area contributed by atoms with Crippen LogP contribution >= 0.6 is 0 Å². The molecule has 4 heteroatoms. The number of allylic oxidation sites excluding steroid dienone is 1. The Balaban J connectivity index is 1.97. The van der Waals surface area contributed by atoms with Gasteiger partial charge >= 0.3 is 0 Å². The van der Waals surface area contributed by atoms with Crippen LogP contribution in [0.5, 0.6) is 5.75 Å². The molecule has 1 N–H and O–H groups in total. The van der Waals surface area contributed by atoms with Crippen LogP contribution in [0.25, 0.3) is 0 Å². The summed E-state index contributed by atoms with van der Waals surface area (Å²) >= 11 is 0. The molecule has 1 aromatic carbocycles. The second kappa shape index (κ2) is 7.99. The fourth-order valence-corrected chi connectivity index (χ4v) is 2.36. The molecule has 120 valence electrons. The van der Waals surface area contributed by atoms with Gasteiger partial charge in [-0.2, -0.15) is 0 Å². The molecule has 4 nitrogen and oxygen atoms in total. The monoisotopic (exact) mass is 303 g/mol. The number of ether oxygens (including phenoxy) is 2. The van der Waals surface area contributed by atoms with Gasteiger partial charge in [-0.05, 0) is 38.8 Å². The Morgan fingerprint density at radius 3 is 2.95 bits per heavy atom. The van der Waals surface area contributed by atoms with Crippen LogP contribution in [0.1, 0.15) is 31.4 Å². The van der Waals surface area contributed by atoms with E-state index in [0.29, 0.717) is 19.1 Å². The summed E-state index contributed by atoms with van der Waals surface area (Å²) in [6.45, 7) is 8.59. The van der Waals surface area contributed by atoms with E-state index in [1.54, 1.807) is 6.08 Å². The third-order valence-electron chi connectivity index (χ3n) is 3.59. The summed E-state index contributed by atoms with van der Waals surface area (Å²) in [4.78, 5) is 11.7. The highest BCUT2D eigenvalue weighted by atomic mass is 16.5. The number of hydrogen-bond acceptors (Lipinski definition) is 3. The fraction of sp³-hybridized carbons (Fsp3) is 0.500. The Morgan fingerprint density at radius 2 is 2.27 bits per heavy atom. The number of amides is 1. The average molecular weight is 303 g/mol. The van der Waals surface area contributed by atoms with Gasteiger partial charge in [0.2, 0.25) is 5.91 Å². The first-order valence-corrected chi connectivity index (χ1v) is 7.77. The molecule has 0 saturated carbocycles. The first-order valence-electron chi connectivity index (χ1n) is 7.77. The van der Waals surface area contributed by atoms with Crippen LogP contribution in [0.4, 0.5) is 0 Å². The van der Waals surface area contributed by atoms with E-state index in [1.807, 2.05) is 39.0 Å². The minimum atomic E-state index is -0.0734. The lowest BCUT2D eigenvalue weighted by Gasteiger charge is -2.15. The lowest BCUT2D eigenvalue weighted by atomic mass is 10.1. The molecule has 1 unspecified atom stereocenters. The molecule has 1 heterocycles. The number of benzene rings is 1. The standard InChI is InChI=1S/C18H25NO3/c1-13(2)8-18(20)19-10-16-5-4-14(3)9-17(16)22-12-15-6-7-21-11-15/h4-5,8-9,15H,6-7,10-12H2,1-3H3,(H,19,20). The number of nitrogens with one attached hydrogen (secondary N) is 1. The smallest absolute Gasteiger partial charge is 0.244 e. The molecule has 22 heavy (non-hydrogen) atoms. The van der Waals surface area contributed by atoms with Crippen LogP contribution in [0.2, 0.25) is 0 Å². The van der Waals surface area contributed by atoms with Crippen LogP contribution in [-0.4, -0.2) is 25.7 Å². The molecule has 0 bridgehead atoms. The third-order valence-corrected chi connectivity index (χ3v) is 3.59. The zero-order valence-electron chi connectivity index (χ0n) is 13.6. The van der Waals surface area contributed by atoms with E-state index in [9.17, 15) is 4.79 Å². The topological polar surface area (TPSA) is 47.6 Å². The quantitative estimate of drug-likeness (QED) is 0.822. The molecule has 1 fully saturated rings. The molecular formula is C18H25NO3. The van der Waals surface area contributed by atoms with Gasteiger partial charge in [-0.3, -0.25) is 4.79 Å². The van der Waals surface area contributed by atoms with Crippen LogP contribution in [0, 0.1) is 12.8 Å². The second-order valence-corrected chi connectivity index (χ2v) is 6.09. The minimum absolute atomic E-state index is 0.0734. The van der Waals surface area contributed by atoms with Crippen molar-refractivity contribution in [3.05, 3.63) is 41.0 Å². The SMILES string of the molecule is CC(C)=CC(=O)NCc1ccc(C)cc1OCC1CCOC1. The average Bonchev–Trinajstić information content (AvgIpc) is 2.96. The maximum absolute atomic E-state index is 11.7. The van der Waals surface area contributed by atoms with Crippen molar-refractivity contribution in [2.24, 2.45) is 5.92 Å². The van der Waals surface area contributed by atoms with E-state index in [2.05, 4.69) is 5.32 Å². The highest BCUT2D eigenvalue weighted by Gasteiger charge is 2.17. The summed E-state index contributed by atoms with van der Waals surface area (Å²) < 4.78 is 11.3. The van der Waals surface area contributed by atoms with Crippen LogP contribution in [0.3, 0.4) is 0 Å². The predicted molar refractivity (Wildman–Crippen MR) is 86.9 cm³/mol. The van der Waals surface area contributed by atoms with Gasteiger partial charge in [0.15, 0.2) is 0 Å². The van der Waals surface area contributed by atoms with Gasteiger partial charge in [0.25, 0.3) is 0 Å². The van der Waals surface area contributed by atoms with Gasteiger partial charge in [-0.1, -0.05) is 17.7 Å². The van der Waals surface area contributed by atoms with E-state index in [0.717, 1.165) is 42.1 Å². The van der Waals surface area contributed by atoms with Gasteiger partial charge in [-0.25, -0.2) is 0 Å². The first-order chi connectivity index (χ1) is 10.5. The Bertz CT molecular complexity index is 541. The van der Waals surface area contributed by atoms with Crippen LogP contribution in [-0.2, 0) is 16.1 Å². The lowest BCUT2D eigenvalue weighted by molar-refractivity contribution is -0.116. The molecule has 0 aromatic heterocycles.